The van der Waals surface area contributed by atoms with E-state index in [1.165, 1.54) is 24.3 Å². The Kier molecular flexibility index (Phi) is 5.06. The number of hydrogen-bond acceptors (Lipinski definition) is 3. The highest BCUT2D eigenvalue weighted by Gasteiger charge is 2.12. The van der Waals surface area contributed by atoms with E-state index in [0.29, 0.717) is 12.1 Å². The molecule has 0 atom stereocenters. The van der Waals surface area contributed by atoms with Gasteiger partial charge in [0.25, 0.3) is 0 Å². The van der Waals surface area contributed by atoms with Gasteiger partial charge in [0, 0.05) is 13.1 Å². The van der Waals surface area contributed by atoms with Crippen molar-refractivity contribution in [2.24, 2.45) is 5.73 Å². The quantitative estimate of drug-likeness (QED) is 0.856. The van der Waals surface area contributed by atoms with Gasteiger partial charge in [0.15, 0.2) is 0 Å². The fourth-order valence-electron chi connectivity index (χ4n) is 1.97. The van der Waals surface area contributed by atoms with Gasteiger partial charge >= 0.3 is 0 Å². The molecule has 0 aliphatic heterocycles. The topological polar surface area (TPSA) is 72.2 Å². The van der Waals surface area contributed by atoms with Crippen LogP contribution in [0, 0.1) is 5.82 Å². The Morgan fingerprint density at radius 3 is 2.24 bits per heavy atom. The summed E-state index contributed by atoms with van der Waals surface area (Å²) in [5.74, 6) is -0.570. The van der Waals surface area contributed by atoms with Crippen LogP contribution < -0.4 is 10.5 Å². The first-order valence-electron chi connectivity index (χ1n) is 6.49. The maximum absolute atomic E-state index is 12.8. The van der Waals surface area contributed by atoms with Crippen molar-refractivity contribution in [3.05, 3.63) is 71.0 Å². The largest absolute Gasteiger partial charge is 0.326 e. The van der Waals surface area contributed by atoms with E-state index in [4.69, 9.17) is 5.73 Å². The van der Waals surface area contributed by atoms with Crippen molar-refractivity contribution >= 4 is 10.0 Å². The van der Waals surface area contributed by atoms with Crippen molar-refractivity contribution in [1.82, 2.24) is 4.72 Å². The third kappa shape index (κ3) is 4.63. The Balaban J connectivity index is 2.02. The molecule has 0 unspecified atom stereocenters. The summed E-state index contributed by atoms with van der Waals surface area (Å²) < 4.78 is 39.4. The number of nitrogens with two attached hydrogens (primary N) is 1. The van der Waals surface area contributed by atoms with E-state index in [9.17, 15) is 12.8 Å². The van der Waals surface area contributed by atoms with E-state index in [0.717, 1.165) is 11.1 Å². The molecule has 4 nitrogen and oxygen atoms in total. The van der Waals surface area contributed by atoms with Crippen LogP contribution in [0.15, 0.2) is 48.5 Å². The average molecular weight is 308 g/mol. The van der Waals surface area contributed by atoms with Crippen molar-refractivity contribution in [1.29, 1.82) is 0 Å². The highest BCUT2D eigenvalue weighted by Crippen LogP contribution is 2.10. The van der Waals surface area contributed by atoms with Gasteiger partial charge in [-0.05, 0) is 28.8 Å². The highest BCUT2D eigenvalue weighted by molar-refractivity contribution is 7.88. The molecule has 0 saturated heterocycles. The Bertz CT molecular complexity index is 700. The maximum atomic E-state index is 12.8. The van der Waals surface area contributed by atoms with Gasteiger partial charge in [-0.25, -0.2) is 17.5 Å². The molecule has 0 bridgehead atoms. The molecule has 0 aliphatic carbocycles. The van der Waals surface area contributed by atoms with Crippen LogP contribution in [0.1, 0.15) is 16.7 Å². The summed E-state index contributed by atoms with van der Waals surface area (Å²) in [6, 6.07) is 12.8. The first-order valence-corrected chi connectivity index (χ1v) is 8.14. The fraction of sp³-hybridized carbons (Fsp3) is 0.200. The summed E-state index contributed by atoms with van der Waals surface area (Å²) in [7, 11) is -3.48. The van der Waals surface area contributed by atoms with Crippen LogP contribution in [0.3, 0.4) is 0 Å². The van der Waals surface area contributed by atoms with Gasteiger partial charge in [-0.3, -0.25) is 0 Å². The number of rotatable bonds is 6. The Morgan fingerprint density at radius 2 is 1.62 bits per heavy atom. The highest BCUT2D eigenvalue weighted by atomic mass is 32.2. The van der Waals surface area contributed by atoms with Crippen LogP contribution in [0.2, 0.25) is 0 Å². The molecule has 0 spiro atoms. The van der Waals surface area contributed by atoms with E-state index < -0.39 is 10.0 Å². The van der Waals surface area contributed by atoms with Gasteiger partial charge < -0.3 is 5.73 Å². The molecule has 3 N–H and O–H groups in total. The lowest BCUT2D eigenvalue weighted by molar-refractivity contribution is 0.580. The monoisotopic (exact) mass is 308 g/mol. The summed E-state index contributed by atoms with van der Waals surface area (Å²) in [4.78, 5) is 0. The van der Waals surface area contributed by atoms with E-state index >= 15 is 0 Å². The van der Waals surface area contributed by atoms with Crippen molar-refractivity contribution in [2.75, 3.05) is 0 Å². The second kappa shape index (κ2) is 6.80. The Labute approximate surface area is 123 Å². The van der Waals surface area contributed by atoms with E-state index in [1.807, 2.05) is 24.3 Å². The maximum Gasteiger partial charge on any atom is 0.216 e. The van der Waals surface area contributed by atoms with Crippen LogP contribution in [0.5, 0.6) is 0 Å². The lowest BCUT2D eigenvalue weighted by atomic mass is 10.1. The molecule has 0 heterocycles. The first kappa shape index (κ1) is 15.6. The summed E-state index contributed by atoms with van der Waals surface area (Å²) in [6.45, 7) is 0.548. The number of benzene rings is 2. The molecule has 2 aromatic rings. The minimum atomic E-state index is -3.48. The zero-order chi connectivity index (χ0) is 15.3. The Hall–Kier alpha value is -1.76. The van der Waals surface area contributed by atoms with E-state index in [-0.39, 0.29) is 18.1 Å². The van der Waals surface area contributed by atoms with Crippen LogP contribution in [-0.2, 0) is 28.9 Å². The third-order valence-corrected chi connectivity index (χ3v) is 4.39. The molecule has 2 aromatic carbocycles. The predicted octanol–water partition coefficient (Wildman–Crippen LogP) is 1.90. The number of hydrogen-bond donors (Lipinski definition) is 2. The van der Waals surface area contributed by atoms with Crippen LogP contribution in [0.25, 0.3) is 0 Å². The summed E-state index contributed by atoms with van der Waals surface area (Å²) in [6.07, 6.45) is 0. The molecule has 0 aliphatic rings. The van der Waals surface area contributed by atoms with Crippen molar-refractivity contribution in [3.63, 3.8) is 0 Å². The SMILES string of the molecule is NCc1ccccc1CNS(=O)(=O)Cc1ccc(F)cc1. The lowest BCUT2D eigenvalue weighted by Crippen LogP contribution is -2.25. The smallest absolute Gasteiger partial charge is 0.216 e. The van der Waals surface area contributed by atoms with Crippen LogP contribution >= 0.6 is 0 Å². The third-order valence-electron chi connectivity index (χ3n) is 3.09. The van der Waals surface area contributed by atoms with Gasteiger partial charge in [0.1, 0.15) is 5.82 Å². The molecule has 0 saturated carbocycles. The van der Waals surface area contributed by atoms with Gasteiger partial charge in [-0.15, -0.1) is 0 Å². The number of sulfonamides is 1. The zero-order valence-electron chi connectivity index (χ0n) is 11.4. The Morgan fingerprint density at radius 1 is 1.00 bits per heavy atom. The van der Waals surface area contributed by atoms with Gasteiger partial charge in [0.05, 0.1) is 5.75 Å². The molecule has 0 radical (unpaired) electrons. The average Bonchev–Trinajstić information content (AvgIpc) is 2.48. The molecule has 0 amide bonds. The molecule has 21 heavy (non-hydrogen) atoms. The molecule has 0 fully saturated rings. The zero-order valence-corrected chi connectivity index (χ0v) is 12.2. The van der Waals surface area contributed by atoms with Crippen molar-refractivity contribution in [2.45, 2.75) is 18.8 Å². The minimum absolute atomic E-state index is 0.182. The second-order valence-corrected chi connectivity index (χ2v) is 6.49. The van der Waals surface area contributed by atoms with Crippen molar-refractivity contribution in [3.8, 4) is 0 Å². The van der Waals surface area contributed by atoms with E-state index in [2.05, 4.69) is 4.72 Å². The van der Waals surface area contributed by atoms with Gasteiger partial charge in [0.2, 0.25) is 10.0 Å². The lowest BCUT2D eigenvalue weighted by Gasteiger charge is -2.10. The van der Waals surface area contributed by atoms with Crippen LogP contribution in [-0.4, -0.2) is 8.42 Å². The number of halogens is 1. The summed E-state index contributed by atoms with van der Waals surface area (Å²) in [5, 5.41) is 0. The summed E-state index contributed by atoms with van der Waals surface area (Å²) in [5.41, 5.74) is 7.91. The first-order chi connectivity index (χ1) is 10.00. The number of nitrogens with one attached hydrogen (secondary N) is 1. The minimum Gasteiger partial charge on any atom is -0.326 e. The predicted molar refractivity (Wildman–Crippen MR) is 80.2 cm³/mol. The van der Waals surface area contributed by atoms with Crippen molar-refractivity contribution < 1.29 is 12.8 Å². The molecule has 0 aromatic heterocycles. The van der Waals surface area contributed by atoms with Crippen LogP contribution in [0.4, 0.5) is 4.39 Å². The molecule has 6 heteroatoms. The molecular formula is C15H17FN2O2S. The standard InChI is InChI=1S/C15H17FN2O2S/c16-15-7-5-12(6-8-15)11-21(19,20)18-10-14-4-2-1-3-13(14)9-17/h1-8,18H,9-11,17H2. The molecule has 112 valence electrons. The molecular weight excluding hydrogens is 291 g/mol. The van der Waals surface area contributed by atoms with Gasteiger partial charge in [-0.2, -0.15) is 0 Å². The fourth-order valence-corrected chi connectivity index (χ4v) is 3.08. The van der Waals surface area contributed by atoms with E-state index in [1.54, 1.807) is 0 Å². The summed E-state index contributed by atoms with van der Waals surface area (Å²) >= 11 is 0. The molecule has 2 rings (SSSR count). The second-order valence-electron chi connectivity index (χ2n) is 4.68. The van der Waals surface area contributed by atoms with Gasteiger partial charge in [-0.1, -0.05) is 36.4 Å². The normalized spacial score (nSPS) is 11.5.